The number of fused-ring (bicyclic) bond motifs is 1. The fraction of sp³-hybridized carbons (Fsp3) is 0.562. The van der Waals surface area contributed by atoms with Crippen LogP contribution in [0.3, 0.4) is 0 Å². The molecule has 0 aliphatic carbocycles. The van der Waals surface area contributed by atoms with Gasteiger partial charge in [-0.1, -0.05) is 0 Å². The lowest BCUT2D eigenvalue weighted by Crippen LogP contribution is -2.51. The summed E-state index contributed by atoms with van der Waals surface area (Å²) in [5.74, 6) is 1.41. The van der Waals surface area contributed by atoms with Crippen molar-refractivity contribution in [2.24, 2.45) is 0 Å². The molecular formula is C16H22N6O. The van der Waals surface area contributed by atoms with E-state index in [1.54, 1.807) is 0 Å². The van der Waals surface area contributed by atoms with Crippen LogP contribution in [0, 0.1) is 0 Å². The Bertz CT molecular complexity index is 687. The van der Waals surface area contributed by atoms with Gasteiger partial charge in [-0.15, -0.1) is 0 Å². The Morgan fingerprint density at radius 2 is 2.00 bits per heavy atom. The second kappa shape index (κ2) is 6.25. The third-order valence-electron chi connectivity index (χ3n) is 4.78. The highest BCUT2D eigenvalue weighted by molar-refractivity contribution is 5.84. The van der Waals surface area contributed by atoms with Gasteiger partial charge in [0.1, 0.15) is 17.7 Å². The highest BCUT2D eigenvalue weighted by atomic mass is 16.5. The zero-order chi connectivity index (χ0) is 15.6. The SMILES string of the molecule is Nc1ncnc2ccc(N3CCCC(N4CCOCC4)C3)nc12. The summed E-state index contributed by atoms with van der Waals surface area (Å²) in [5, 5.41) is 0. The Kier molecular flexibility index (Phi) is 3.97. The molecule has 2 aromatic rings. The summed E-state index contributed by atoms with van der Waals surface area (Å²) >= 11 is 0. The lowest BCUT2D eigenvalue weighted by molar-refractivity contribution is 0.0137. The smallest absolute Gasteiger partial charge is 0.153 e. The van der Waals surface area contributed by atoms with Crippen molar-refractivity contribution in [3.8, 4) is 0 Å². The van der Waals surface area contributed by atoms with E-state index < -0.39 is 0 Å². The minimum atomic E-state index is 0.443. The largest absolute Gasteiger partial charge is 0.382 e. The van der Waals surface area contributed by atoms with E-state index in [9.17, 15) is 0 Å². The maximum atomic E-state index is 5.94. The number of nitrogens with zero attached hydrogens (tertiary/aromatic N) is 5. The fourth-order valence-electron chi connectivity index (χ4n) is 3.53. The van der Waals surface area contributed by atoms with Crippen molar-refractivity contribution in [3.63, 3.8) is 0 Å². The molecule has 7 heteroatoms. The highest BCUT2D eigenvalue weighted by Crippen LogP contribution is 2.24. The zero-order valence-corrected chi connectivity index (χ0v) is 13.2. The molecule has 2 N–H and O–H groups in total. The van der Waals surface area contributed by atoms with Crippen LogP contribution >= 0.6 is 0 Å². The third kappa shape index (κ3) is 2.94. The number of morpholine rings is 1. The monoisotopic (exact) mass is 314 g/mol. The Balaban J connectivity index is 1.56. The zero-order valence-electron chi connectivity index (χ0n) is 13.2. The van der Waals surface area contributed by atoms with Gasteiger partial charge in [-0.25, -0.2) is 15.0 Å². The van der Waals surface area contributed by atoms with E-state index in [1.807, 2.05) is 12.1 Å². The second-order valence-corrected chi connectivity index (χ2v) is 6.19. The molecular weight excluding hydrogens is 292 g/mol. The Labute approximate surface area is 135 Å². The molecule has 4 rings (SSSR count). The third-order valence-corrected chi connectivity index (χ3v) is 4.78. The van der Waals surface area contributed by atoms with Gasteiger partial charge in [0.15, 0.2) is 5.82 Å². The normalized spacial score (nSPS) is 23.3. The molecule has 2 saturated heterocycles. The molecule has 2 fully saturated rings. The van der Waals surface area contributed by atoms with E-state index in [0.717, 1.165) is 50.7 Å². The van der Waals surface area contributed by atoms with E-state index in [-0.39, 0.29) is 0 Å². The molecule has 0 bridgehead atoms. The van der Waals surface area contributed by atoms with Crippen LogP contribution in [-0.4, -0.2) is 65.3 Å². The van der Waals surface area contributed by atoms with Gasteiger partial charge in [-0.2, -0.15) is 0 Å². The van der Waals surface area contributed by atoms with Crippen LogP contribution < -0.4 is 10.6 Å². The van der Waals surface area contributed by atoms with Gasteiger partial charge in [0, 0.05) is 32.2 Å². The second-order valence-electron chi connectivity index (χ2n) is 6.19. The molecule has 7 nitrogen and oxygen atoms in total. The van der Waals surface area contributed by atoms with Crippen LogP contribution in [0.2, 0.25) is 0 Å². The number of anilines is 2. The van der Waals surface area contributed by atoms with Crippen molar-refractivity contribution in [1.29, 1.82) is 0 Å². The molecule has 0 spiro atoms. The maximum Gasteiger partial charge on any atom is 0.153 e. The predicted molar refractivity (Wildman–Crippen MR) is 89.4 cm³/mol. The van der Waals surface area contributed by atoms with Crippen LogP contribution in [-0.2, 0) is 4.74 Å². The molecule has 0 saturated carbocycles. The van der Waals surface area contributed by atoms with Crippen LogP contribution in [0.1, 0.15) is 12.8 Å². The molecule has 122 valence electrons. The first-order chi connectivity index (χ1) is 11.3. The van der Waals surface area contributed by atoms with E-state index in [1.165, 1.54) is 19.2 Å². The van der Waals surface area contributed by atoms with Crippen molar-refractivity contribution in [3.05, 3.63) is 18.5 Å². The van der Waals surface area contributed by atoms with Crippen molar-refractivity contribution in [2.45, 2.75) is 18.9 Å². The quantitative estimate of drug-likeness (QED) is 0.882. The predicted octanol–water partition coefficient (Wildman–Crippen LogP) is 0.908. The van der Waals surface area contributed by atoms with Crippen molar-refractivity contribution in [1.82, 2.24) is 19.9 Å². The van der Waals surface area contributed by atoms with Crippen molar-refractivity contribution in [2.75, 3.05) is 50.0 Å². The van der Waals surface area contributed by atoms with Gasteiger partial charge in [0.05, 0.1) is 18.7 Å². The number of piperidine rings is 1. The van der Waals surface area contributed by atoms with Gasteiger partial charge in [0.2, 0.25) is 0 Å². The average molecular weight is 314 g/mol. The number of rotatable bonds is 2. The molecule has 1 unspecified atom stereocenters. The fourth-order valence-corrected chi connectivity index (χ4v) is 3.53. The molecule has 2 aliphatic heterocycles. The number of ether oxygens (including phenoxy) is 1. The summed E-state index contributed by atoms with van der Waals surface area (Å²) in [6.45, 7) is 5.80. The van der Waals surface area contributed by atoms with E-state index in [2.05, 4.69) is 19.8 Å². The Hall–Kier alpha value is -1.99. The summed E-state index contributed by atoms with van der Waals surface area (Å²) in [4.78, 5) is 17.9. The van der Waals surface area contributed by atoms with Gasteiger partial charge in [0.25, 0.3) is 0 Å². The minimum Gasteiger partial charge on any atom is -0.382 e. The van der Waals surface area contributed by atoms with Crippen LogP contribution in [0.5, 0.6) is 0 Å². The van der Waals surface area contributed by atoms with Crippen molar-refractivity contribution < 1.29 is 4.74 Å². The first-order valence-corrected chi connectivity index (χ1v) is 8.25. The summed E-state index contributed by atoms with van der Waals surface area (Å²) in [5.41, 5.74) is 7.43. The first kappa shape index (κ1) is 14.6. The summed E-state index contributed by atoms with van der Waals surface area (Å²) in [6, 6.07) is 4.60. The number of pyridine rings is 1. The molecule has 2 aliphatic rings. The van der Waals surface area contributed by atoms with Gasteiger partial charge >= 0.3 is 0 Å². The maximum absolute atomic E-state index is 5.94. The lowest BCUT2D eigenvalue weighted by Gasteiger charge is -2.41. The molecule has 0 amide bonds. The summed E-state index contributed by atoms with van der Waals surface area (Å²) in [6.07, 6.45) is 3.91. The Morgan fingerprint density at radius 3 is 2.87 bits per heavy atom. The molecule has 0 radical (unpaired) electrons. The highest BCUT2D eigenvalue weighted by Gasteiger charge is 2.27. The first-order valence-electron chi connectivity index (χ1n) is 8.25. The number of hydrogen-bond acceptors (Lipinski definition) is 7. The molecule has 4 heterocycles. The molecule has 0 aromatic carbocycles. The molecule has 2 aromatic heterocycles. The number of nitrogen functional groups attached to an aromatic ring is 1. The number of aromatic nitrogens is 3. The number of nitrogens with two attached hydrogens (primary N) is 1. The van der Waals surface area contributed by atoms with Gasteiger partial charge in [-0.3, -0.25) is 4.90 Å². The lowest BCUT2D eigenvalue weighted by atomic mass is 10.0. The van der Waals surface area contributed by atoms with Gasteiger partial charge in [-0.05, 0) is 25.0 Å². The van der Waals surface area contributed by atoms with E-state index in [0.29, 0.717) is 17.4 Å². The van der Waals surface area contributed by atoms with Crippen LogP contribution in [0.15, 0.2) is 18.5 Å². The summed E-state index contributed by atoms with van der Waals surface area (Å²) < 4.78 is 5.47. The standard InChI is InChI=1S/C16H22N6O/c17-16-15-13(18-11-19-16)3-4-14(20-15)22-5-1-2-12(10-22)21-6-8-23-9-7-21/h3-4,11-12H,1-2,5-10H2,(H2,17,18,19). The average Bonchev–Trinajstić information content (AvgIpc) is 2.63. The number of hydrogen-bond donors (Lipinski definition) is 1. The Morgan fingerprint density at radius 1 is 1.13 bits per heavy atom. The van der Waals surface area contributed by atoms with E-state index in [4.69, 9.17) is 15.5 Å². The van der Waals surface area contributed by atoms with Gasteiger partial charge < -0.3 is 15.4 Å². The molecule has 1 atom stereocenters. The van der Waals surface area contributed by atoms with Crippen LogP contribution in [0.25, 0.3) is 11.0 Å². The molecule has 23 heavy (non-hydrogen) atoms. The topological polar surface area (TPSA) is 80.4 Å². The van der Waals surface area contributed by atoms with Crippen LogP contribution in [0.4, 0.5) is 11.6 Å². The van der Waals surface area contributed by atoms with E-state index >= 15 is 0 Å². The summed E-state index contributed by atoms with van der Waals surface area (Å²) in [7, 11) is 0. The minimum absolute atomic E-state index is 0.443. The van der Waals surface area contributed by atoms with Crippen molar-refractivity contribution >= 4 is 22.7 Å².